The Morgan fingerprint density at radius 3 is 2.52 bits per heavy atom. The highest BCUT2D eigenvalue weighted by Gasteiger charge is 2.15. The van der Waals surface area contributed by atoms with Crippen LogP contribution in [0.2, 0.25) is 0 Å². The second-order valence-electron chi connectivity index (χ2n) is 5.21. The molecule has 1 rings (SSSR count). The third-order valence-corrected chi connectivity index (χ3v) is 3.43. The average molecular weight is 291 g/mol. The highest BCUT2D eigenvalue weighted by atomic mass is 16.1. The number of nitrogens with one attached hydrogen (secondary N) is 1. The number of allylic oxidation sites excluding steroid dienone is 1. The van der Waals surface area contributed by atoms with Crippen LogP contribution < -0.4 is 5.32 Å². The quantitative estimate of drug-likeness (QED) is 0.515. The maximum atomic E-state index is 11.4. The summed E-state index contributed by atoms with van der Waals surface area (Å²) >= 11 is 0. The summed E-state index contributed by atoms with van der Waals surface area (Å²) in [6.07, 6.45) is 9.57. The number of nitrogens with zero attached hydrogens (tertiary/aromatic N) is 2. The number of terminal acetylenes is 1. The minimum absolute atomic E-state index is 0.0287. The summed E-state index contributed by atoms with van der Waals surface area (Å²) in [5, 5.41) is 2.88. The van der Waals surface area contributed by atoms with E-state index in [4.69, 9.17) is 6.42 Å². The summed E-state index contributed by atoms with van der Waals surface area (Å²) in [4.78, 5) is 26.9. The van der Waals surface area contributed by atoms with E-state index in [1.54, 1.807) is 13.0 Å². The Hall–Kier alpha value is -1.64. The predicted octanol–water partition coefficient (Wildman–Crippen LogP) is 0.279. The molecule has 0 atom stereocenters. The fourth-order valence-electron chi connectivity index (χ4n) is 2.19. The van der Waals surface area contributed by atoms with E-state index in [0.29, 0.717) is 19.4 Å². The van der Waals surface area contributed by atoms with Gasteiger partial charge in [-0.3, -0.25) is 19.4 Å². The summed E-state index contributed by atoms with van der Waals surface area (Å²) in [6, 6.07) is 0. The topological polar surface area (TPSA) is 52.7 Å². The lowest BCUT2D eigenvalue weighted by atomic mass is 10.3. The Labute approximate surface area is 127 Å². The molecule has 21 heavy (non-hydrogen) atoms. The first-order valence-electron chi connectivity index (χ1n) is 7.44. The second-order valence-corrected chi connectivity index (χ2v) is 5.21. The summed E-state index contributed by atoms with van der Waals surface area (Å²) in [6.45, 7) is 7.91. The van der Waals surface area contributed by atoms with Gasteiger partial charge in [-0.1, -0.05) is 6.08 Å². The van der Waals surface area contributed by atoms with Crippen molar-refractivity contribution in [2.24, 2.45) is 0 Å². The smallest absolute Gasteiger partial charge is 0.220 e. The van der Waals surface area contributed by atoms with Gasteiger partial charge in [-0.05, 0) is 13.0 Å². The molecule has 0 saturated carbocycles. The Morgan fingerprint density at radius 2 is 1.90 bits per heavy atom. The molecule has 0 aromatic heterocycles. The number of carbonyl (C=O) groups is 2. The molecule has 5 heteroatoms. The molecule has 1 fully saturated rings. The lowest BCUT2D eigenvalue weighted by Crippen LogP contribution is -2.48. The molecule has 0 unspecified atom stereocenters. The number of amides is 1. The molecule has 1 amide bonds. The van der Waals surface area contributed by atoms with Gasteiger partial charge in [0.2, 0.25) is 5.91 Å². The Balaban J connectivity index is 2.09. The van der Waals surface area contributed by atoms with Crippen LogP contribution >= 0.6 is 0 Å². The van der Waals surface area contributed by atoms with Crippen LogP contribution in [0.25, 0.3) is 0 Å². The standard InChI is InChI=1S/C16H25N3O2/c1-3-4-7-16(21)17-8-10-19-13-11-18(12-14-19)9-5-6-15(2)20/h1,5-6H,4,7-14H2,2H3,(H,17,21)/b6-5+. The van der Waals surface area contributed by atoms with Crippen LogP contribution in [0.4, 0.5) is 0 Å². The summed E-state index contributed by atoms with van der Waals surface area (Å²) < 4.78 is 0. The molecular formula is C16H25N3O2. The van der Waals surface area contributed by atoms with Crippen molar-refractivity contribution in [3.05, 3.63) is 12.2 Å². The zero-order chi connectivity index (χ0) is 15.5. The molecule has 0 aromatic rings. The largest absolute Gasteiger partial charge is 0.355 e. The molecule has 116 valence electrons. The molecule has 5 nitrogen and oxygen atoms in total. The predicted molar refractivity (Wildman–Crippen MR) is 83.8 cm³/mol. The molecule has 1 saturated heterocycles. The molecule has 1 aliphatic heterocycles. The first-order chi connectivity index (χ1) is 10.1. The van der Waals surface area contributed by atoms with Crippen LogP contribution in [-0.2, 0) is 9.59 Å². The van der Waals surface area contributed by atoms with Crippen LogP contribution in [0, 0.1) is 12.3 Å². The first kappa shape index (κ1) is 17.4. The number of hydrogen-bond donors (Lipinski definition) is 1. The minimum atomic E-state index is 0.0287. The van der Waals surface area contributed by atoms with Gasteiger partial charge in [0, 0.05) is 58.7 Å². The van der Waals surface area contributed by atoms with E-state index in [1.807, 2.05) is 6.08 Å². The summed E-state index contributed by atoms with van der Waals surface area (Å²) in [7, 11) is 0. The van der Waals surface area contributed by atoms with Gasteiger partial charge in [0.05, 0.1) is 0 Å². The van der Waals surface area contributed by atoms with Gasteiger partial charge in [0.15, 0.2) is 5.78 Å². The van der Waals surface area contributed by atoms with E-state index in [1.165, 1.54) is 0 Å². The van der Waals surface area contributed by atoms with Crippen molar-refractivity contribution < 1.29 is 9.59 Å². The monoisotopic (exact) mass is 291 g/mol. The zero-order valence-electron chi connectivity index (χ0n) is 12.8. The van der Waals surface area contributed by atoms with Crippen molar-refractivity contribution in [2.45, 2.75) is 19.8 Å². The second kappa shape index (κ2) is 10.1. The molecule has 0 radical (unpaired) electrons. The van der Waals surface area contributed by atoms with Crippen molar-refractivity contribution in [2.75, 3.05) is 45.8 Å². The summed E-state index contributed by atoms with van der Waals surface area (Å²) in [5.74, 6) is 2.58. The number of ketones is 1. The highest BCUT2D eigenvalue weighted by Crippen LogP contribution is 2.01. The van der Waals surface area contributed by atoms with Gasteiger partial charge in [0.1, 0.15) is 0 Å². The van der Waals surface area contributed by atoms with E-state index in [-0.39, 0.29) is 11.7 Å². The number of carbonyl (C=O) groups excluding carboxylic acids is 2. The third kappa shape index (κ3) is 8.28. The van der Waals surface area contributed by atoms with Gasteiger partial charge in [-0.15, -0.1) is 12.3 Å². The van der Waals surface area contributed by atoms with E-state index >= 15 is 0 Å². The number of rotatable bonds is 8. The molecule has 1 heterocycles. The van der Waals surface area contributed by atoms with E-state index in [9.17, 15) is 9.59 Å². The molecular weight excluding hydrogens is 266 g/mol. The summed E-state index contributed by atoms with van der Waals surface area (Å²) in [5.41, 5.74) is 0. The van der Waals surface area contributed by atoms with Gasteiger partial charge in [-0.25, -0.2) is 0 Å². The minimum Gasteiger partial charge on any atom is -0.355 e. The molecule has 0 spiro atoms. The van der Waals surface area contributed by atoms with Crippen molar-refractivity contribution >= 4 is 11.7 Å². The number of hydrogen-bond acceptors (Lipinski definition) is 4. The van der Waals surface area contributed by atoms with Gasteiger partial charge in [-0.2, -0.15) is 0 Å². The Morgan fingerprint density at radius 1 is 1.24 bits per heavy atom. The lowest BCUT2D eigenvalue weighted by Gasteiger charge is -2.34. The molecule has 1 N–H and O–H groups in total. The zero-order valence-corrected chi connectivity index (χ0v) is 12.8. The SMILES string of the molecule is C#CCCC(=O)NCCN1CCN(C/C=C/C(C)=O)CC1. The van der Waals surface area contributed by atoms with Gasteiger partial charge in [0.25, 0.3) is 0 Å². The fourth-order valence-corrected chi connectivity index (χ4v) is 2.19. The molecule has 0 aliphatic carbocycles. The van der Waals surface area contributed by atoms with E-state index in [2.05, 4.69) is 21.0 Å². The van der Waals surface area contributed by atoms with Crippen molar-refractivity contribution in [3.63, 3.8) is 0 Å². The van der Waals surface area contributed by atoms with Crippen LogP contribution in [0.3, 0.4) is 0 Å². The maximum absolute atomic E-state index is 11.4. The number of piperazine rings is 1. The molecule has 0 bridgehead atoms. The van der Waals surface area contributed by atoms with Crippen molar-refractivity contribution in [3.8, 4) is 12.3 Å². The Kier molecular flexibility index (Phi) is 8.41. The normalized spacial score (nSPS) is 16.8. The first-order valence-corrected chi connectivity index (χ1v) is 7.44. The van der Waals surface area contributed by atoms with Crippen molar-refractivity contribution in [1.82, 2.24) is 15.1 Å². The molecule has 0 aromatic carbocycles. The Bertz CT molecular complexity index is 404. The third-order valence-electron chi connectivity index (χ3n) is 3.43. The van der Waals surface area contributed by atoms with E-state index < -0.39 is 0 Å². The average Bonchev–Trinajstić information content (AvgIpc) is 2.46. The van der Waals surface area contributed by atoms with Crippen LogP contribution in [-0.4, -0.2) is 67.3 Å². The van der Waals surface area contributed by atoms with Crippen LogP contribution in [0.1, 0.15) is 19.8 Å². The van der Waals surface area contributed by atoms with E-state index in [0.717, 1.165) is 39.3 Å². The van der Waals surface area contributed by atoms with Crippen LogP contribution in [0.15, 0.2) is 12.2 Å². The molecule has 1 aliphatic rings. The maximum Gasteiger partial charge on any atom is 0.220 e. The fraction of sp³-hybridized carbons (Fsp3) is 0.625. The van der Waals surface area contributed by atoms with Gasteiger partial charge >= 0.3 is 0 Å². The van der Waals surface area contributed by atoms with Crippen LogP contribution in [0.5, 0.6) is 0 Å². The highest BCUT2D eigenvalue weighted by molar-refractivity contribution is 5.87. The lowest BCUT2D eigenvalue weighted by molar-refractivity contribution is -0.121. The van der Waals surface area contributed by atoms with Gasteiger partial charge < -0.3 is 5.32 Å². The van der Waals surface area contributed by atoms with Crippen molar-refractivity contribution in [1.29, 1.82) is 0 Å².